The van der Waals surface area contributed by atoms with Gasteiger partial charge in [-0.05, 0) is 30.0 Å². The topological polar surface area (TPSA) is 37.3 Å². The third-order valence-corrected chi connectivity index (χ3v) is 3.45. The second-order valence-electron chi connectivity index (χ2n) is 5.18. The van der Waals surface area contributed by atoms with Crippen LogP contribution in [0.25, 0.3) is 11.1 Å². The molecule has 104 valence electrons. The van der Waals surface area contributed by atoms with E-state index in [0.29, 0.717) is 6.42 Å². The third-order valence-electron chi connectivity index (χ3n) is 3.18. The van der Waals surface area contributed by atoms with Crippen LogP contribution < -0.4 is 0 Å². The Kier molecular flexibility index (Phi) is 4.46. The zero-order valence-corrected chi connectivity index (χ0v) is 12.1. The lowest BCUT2D eigenvalue weighted by Crippen LogP contribution is -2.24. The van der Waals surface area contributed by atoms with Crippen molar-refractivity contribution < 1.29 is 9.90 Å². The van der Waals surface area contributed by atoms with E-state index in [0.717, 1.165) is 16.7 Å². The van der Waals surface area contributed by atoms with Gasteiger partial charge in [0.25, 0.3) is 0 Å². The van der Waals surface area contributed by atoms with Gasteiger partial charge in [0.15, 0.2) is 0 Å². The summed E-state index contributed by atoms with van der Waals surface area (Å²) in [6, 6.07) is 18.0. The van der Waals surface area contributed by atoms with Crippen molar-refractivity contribution in [2.45, 2.75) is 24.6 Å². The number of halogens is 1. The van der Waals surface area contributed by atoms with Crippen LogP contribution in [0.2, 0.25) is 0 Å². The Balaban J connectivity index is 2.32. The van der Waals surface area contributed by atoms with Gasteiger partial charge < -0.3 is 5.11 Å². The molecule has 1 N–H and O–H groups in total. The number of carbonyl (C=O) groups is 1. The molecular formula is C17H17ClO2. The molecule has 0 saturated heterocycles. The van der Waals surface area contributed by atoms with Gasteiger partial charge in [0.2, 0.25) is 0 Å². The van der Waals surface area contributed by atoms with Crippen molar-refractivity contribution in [1.29, 1.82) is 0 Å². The second-order valence-corrected chi connectivity index (χ2v) is 6.10. The van der Waals surface area contributed by atoms with Crippen molar-refractivity contribution in [3.63, 3.8) is 0 Å². The summed E-state index contributed by atoms with van der Waals surface area (Å²) in [6.07, 6.45) is 0.462. The highest BCUT2D eigenvalue weighted by molar-refractivity contribution is 6.24. The fourth-order valence-electron chi connectivity index (χ4n) is 2.35. The van der Waals surface area contributed by atoms with E-state index in [4.69, 9.17) is 16.7 Å². The SMILES string of the molecule is CC(Cl)(CC(=O)O)Cc1ccccc1-c1ccccc1. The molecule has 0 spiro atoms. The number of carboxylic acid groups (broad SMARTS) is 1. The molecular weight excluding hydrogens is 272 g/mol. The fourth-order valence-corrected chi connectivity index (χ4v) is 2.61. The molecule has 0 saturated carbocycles. The highest BCUT2D eigenvalue weighted by Crippen LogP contribution is 2.30. The average molecular weight is 289 g/mol. The predicted octanol–water partition coefficient (Wildman–Crippen LogP) is 4.37. The van der Waals surface area contributed by atoms with Crippen LogP contribution in [0.3, 0.4) is 0 Å². The summed E-state index contributed by atoms with van der Waals surface area (Å²) in [5.74, 6) is -0.875. The molecule has 0 aliphatic carbocycles. The molecule has 2 nitrogen and oxygen atoms in total. The molecule has 0 amide bonds. The first kappa shape index (κ1) is 14.6. The standard InChI is InChI=1S/C17H17ClO2/c1-17(18,12-16(19)20)11-14-9-5-6-10-15(14)13-7-3-2-4-8-13/h2-10H,11-12H2,1H3,(H,19,20). The van der Waals surface area contributed by atoms with Crippen LogP contribution in [-0.2, 0) is 11.2 Å². The van der Waals surface area contributed by atoms with Gasteiger partial charge in [-0.2, -0.15) is 0 Å². The van der Waals surface area contributed by atoms with Crippen LogP contribution in [-0.4, -0.2) is 16.0 Å². The Labute approximate surface area is 124 Å². The number of alkyl halides is 1. The van der Waals surface area contributed by atoms with Crippen LogP contribution >= 0.6 is 11.6 Å². The maximum atomic E-state index is 10.9. The Morgan fingerprint density at radius 3 is 2.35 bits per heavy atom. The maximum Gasteiger partial charge on any atom is 0.305 e. The van der Waals surface area contributed by atoms with Crippen molar-refractivity contribution in [2.75, 3.05) is 0 Å². The summed E-state index contributed by atoms with van der Waals surface area (Å²) >= 11 is 6.34. The zero-order valence-electron chi connectivity index (χ0n) is 11.3. The number of aliphatic carboxylic acids is 1. The lowest BCUT2D eigenvalue weighted by Gasteiger charge is -2.21. The highest BCUT2D eigenvalue weighted by atomic mass is 35.5. The smallest absolute Gasteiger partial charge is 0.305 e. The van der Waals surface area contributed by atoms with E-state index >= 15 is 0 Å². The number of hydrogen-bond donors (Lipinski definition) is 1. The van der Waals surface area contributed by atoms with Crippen molar-refractivity contribution in [3.8, 4) is 11.1 Å². The van der Waals surface area contributed by atoms with E-state index in [9.17, 15) is 4.79 Å². The molecule has 0 aromatic heterocycles. The largest absolute Gasteiger partial charge is 0.481 e. The van der Waals surface area contributed by atoms with Crippen molar-refractivity contribution in [1.82, 2.24) is 0 Å². The summed E-state index contributed by atoms with van der Waals surface area (Å²) in [7, 11) is 0. The van der Waals surface area contributed by atoms with Crippen LogP contribution in [0.15, 0.2) is 54.6 Å². The van der Waals surface area contributed by atoms with Gasteiger partial charge in [-0.25, -0.2) is 0 Å². The molecule has 0 aliphatic heterocycles. The normalized spacial score (nSPS) is 13.7. The molecule has 0 bridgehead atoms. The van der Waals surface area contributed by atoms with Gasteiger partial charge >= 0.3 is 5.97 Å². The molecule has 1 unspecified atom stereocenters. The predicted molar refractivity (Wildman–Crippen MR) is 82.1 cm³/mol. The van der Waals surface area contributed by atoms with Gasteiger partial charge in [-0.1, -0.05) is 54.6 Å². The lowest BCUT2D eigenvalue weighted by atomic mass is 9.91. The van der Waals surface area contributed by atoms with Gasteiger partial charge in [0, 0.05) is 0 Å². The van der Waals surface area contributed by atoms with E-state index < -0.39 is 10.8 Å². The summed E-state index contributed by atoms with van der Waals surface area (Å²) in [4.78, 5) is 10.1. The van der Waals surface area contributed by atoms with Crippen LogP contribution in [0, 0.1) is 0 Å². The maximum absolute atomic E-state index is 10.9. The van der Waals surface area contributed by atoms with E-state index in [1.165, 1.54) is 0 Å². The monoisotopic (exact) mass is 288 g/mol. The van der Waals surface area contributed by atoms with Crippen molar-refractivity contribution >= 4 is 17.6 Å². The number of hydrogen-bond acceptors (Lipinski definition) is 1. The Bertz CT molecular complexity index is 591. The molecule has 0 fully saturated rings. The van der Waals surface area contributed by atoms with E-state index in [-0.39, 0.29) is 6.42 Å². The number of rotatable bonds is 5. The summed E-state index contributed by atoms with van der Waals surface area (Å²) in [5.41, 5.74) is 3.29. The lowest BCUT2D eigenvalue weighted by molar-refractivity contribution is -0.137. The average Bonchev–Trinajstić information content (AvgIpc) is 2.38. The minimum Gasteiger partial charge on any atom is -0.481 e. The third kappa shape index (κ3) is 3.84. The Hall–Kier alpha value is -1.80. The first-order valence-corrected chi connectivity index (χ1v) is 6.90. The van der Waals surface area contributed by atoms with Crippen LogP contribution in [0.4, 0.5) is 0 Å². The molecule has 2 aromatic rings. The highest BCUT2D eigenvalue weighted by Gasteiger charge is 2.26. The minimum atomic E-state index is -0.875. The molecule has 0 heterocycles. The molecule has 3 heteroatoms. The Morgan fingerprint density at radius 2 is 1.70 bits per heavy atom. The van der Waals surface area contributed by atoms with Crippen LogP contribution in [0.1, 0.15) is 18.9 Å². The van der Waals surface area contributed by atoms with Gasteiger partial charge in [0.1, 0.15) is 0 Å². The summed E-state index contributed by atoms with van der Waals surface area (Å²) in [5, 5.41) is 8.93. The molecule has 0 radical (unpaired) electrons. The molecule has 2 aromatic carbocycles. The molecule has 1 atom stereocenters. The fraction of sp³-hybridized carbons (Fsp3) is 0.235. The van der Waals surface area contributed by atoms with E-state index in [1.54, 1.807) is 6.92 Å². The summed E-state index contributed by atoms with van der Waals surface area (Å²) < 4.78 is 0. The van der Waals surface area contributed by atoms with Crippen LogP contribution in [0.5, 0.6) is 0 Å². The van der Waals surface area contributed by atoms with Gasteiger partial charge in [-0.3, -0.25) is 4.79 Å². The Morgan fingerprint density at radius 1 is 1.10 bits per heavy atom. The first-order chi connectivity index (χ1) is 9.48. The zero-order chi connectivity index (χ0) is 14.6. The van der Waals surface area contributed by atoms with Gasteiger partial charge in [0.05, 0.1) is 11.3 Å². The van der Waals surface area contributed by atoms with Crippen molar-refractivity contribution in [3.05, 3.63) is 60.2 Å². The number of benzene rings is 2. The quantitative estimate of drug-likeness (QED) is 0.830. The number of carboxylic acids is 1. The van der Waals surface area contributed by atoms with Gasteiger partial charge in [-0.15, -0.1) is 11.6 Å². The molecule has 0 aliphatic rings. The molecule has 2 rings (SSSR count). The summed E-state index contributed by atoms with van der Waals surface area (Å²) in [6.45, 7) is 1.77. The first-order valence-electron chi connectivity index (χ1n) is 6.52. The second kappa shape index (κ2) is 6.10. The van der Waals surface area contributed by atoms with E-state index in [1.807, 2.05) is 54.6 Å². The van der Waals surface area contributed by atoms with E-state index in [2.05, 4.69) is 0 Å². The van der Waals surface area contributed by atoms with Crippen molar-refractivity contribution in [2.24, 2.45) is 0 Å². The minimum absolute atomic E-state index is 0.0579. The molecule has 20 heavy (non-hydrogen) atoms.